The fraction of sp³-hybridized carbons (Fsp3) is 0.143. The maximum Gasteiger partial charge on any atom is 0.273 e. The van der Waals surface area contributed by atoms with Gasteiger partial charge >= 0.3 is 0 Å². The highest BCUT2D eigenvalue weighted by Gasteiger charge is 2.19. The summed E-state index contributed by atoms with van der Waals surface area (Å²) in [6.07, 6.45) is 2.76. The number of aryl methyl sites for hydroxylation is 1. The predicted molar refractivity (Wildman–Crippen MR) is 93.7 cm³/mol. The zero-order valence-electron chi connectivity index (χ0n) is 13.3. The van der Waals surface area contributed by atoms with Crippen molar-refractivity contribution in [1.29, 1.82) is 0 Å². The van der Waals surface area contributed by atoms with Crippen molar-refractivity contribution in [3.63, 3.8) is 0 Å². The number of benzene rings is 1. The molecule has 2 heterocycles. The summed E-state index contributed by atoms with van der Waals surface area (Å²) in [4.78, 5) is 14.9. The summed E-state index contributed by atoms with van der Waals surface area (Å²) < 4.78 is 29.2. The van der Waals surface area contributed by atoms with E-state index < -0.39 is 10.0 Å². The van der Waals surface area contributed by atoms with Gasteiger partial charge < -0.3 is 9.88 Å². The first-order chi connectivity index (χ1) is 11.8. The third kappa shape index (κ3) is 3.83. The Morgan fingerprint density at radius 3 is 2.80 bits per heavy atom. The summed E-state index contributed by atoms with van der Waals surface area (Å²) in [5.74, 6) is 0.300. The van der Waals surface area contributed by atoms with Crippen LogP contribution in [0, 0.1) is 0 Å². The summed E-state index contributed by atoms with van der Waals surface area (Å²) in [6.45, 7) is 1.33. The lowest BCUT2D eigenvalue weighted by molar-refractivity contribution is -0.114. The molecular weight excluding hydrogens is 364 g/mol. The Hall–Kier alpha value is -2.79. The van der Waals surface area contributed by atoms with Gasteiger partial charge in [0.15, 0.2) is 15.2 Å². The van der Waals surface area contributed by atoms with Gasteiger partial charge in [0, 0.05) is 25.2 Å². The molecule has 3 rings (SSSR count). The SMILES string of the molecule is CC(=O)Nc1ncc(S(=O)(=O)Nc2cccc(-c3nncn3C)c2)s1. The Kier molecular flexibility index (Phi) is 4.51. The maximum absolute atomic E-state index is 12.5. The van der Waals surface area contributed by atoms with Crippen LogP contribution in [-0.4, -0.2) is 34.1 Å². The number of thiazole rings is 1. The molecule has 0 aliphatic heterocycles. The lowest BCUT2D eigenvalue weighted by Gasteiger charge is -2.07. The molecule has 0 atom stereocenters. The maximum atomic E-state index is 12.5. The minimum Gasteiger partial charge on any atom is -0.317 e. The van der Waals surface area contributed by atoms with Gasteiger partial charge in [-0.15, -0.1) is 10.2 Å². The van der Waals surface area contributed by atoms with Crippen molar-refractivity contribution in [3.05, 3.63) is 36.8 Å². The Bertz CT molecular complexity index is 1020. The molecule has 0 aliphatic rings. The van der Waals surface area contributed by atoms with Crippen LogP contribution in [0.1, 0.15) is 6.92 Å². The van der Waals surface area contributed by atoms with Gasteiger partial charge in [0.2, 0.25) is 5.91 Å². The molecule has 9 nitrogen and oxygen atoms in total. The van der Waals surface area contributed by atoms with Gasteiger partial charge in [-0.05, 0) is 12.1 Å². The van der Waals surface area contributed by atoms with Crippen LogP contribution < -0.4 is 10.0 Å². The second kappa shape index (κ2) is 6.61. The normalized spacial score (nSPS) is 11.3. The molecule has 2 aromatic heterocycles. The Morgan fingerprint density at radius 2 is 2.12 bits per heavy atom. The number of carbonyl (C=O) groups excluding carboxylic acids is 1. The molecule has 0 aliphatic carbocycles. The van der Waals surface area contributed by atoms with E-state index >= 15 is 0 Å². The van der Waals surface area contributed by atoms with E-state index in [2.05, 4.69) is 25.2 Å². The molecule has 0 fully saturated rings. The monoisotopic (exact) mass is 378 g/mol. The number of nitrogens with one attached hydrogen (secondary N) is 2. The summed E-state index contributed by atoms with van der Waals surface area (Å²) in [6, 6.07) is 6.82. The summed E-state index contributed by atoms with van der Waals surface area (Å²) >= 11 is 0.872. The molecule has 0 spiro atoms. The van der Waals surface area contributed by atoms with Gasteiger partial charge in [0.1, 0.15) is 6.33 Å². The fourth-order valence-electron chi connectivity index (χ4n) is 2.06. The molecule has 2 N–H and O–H groups in total. The van der Waals surface area contributed by atoms with E-state index in [9.17, 15) is 13.2 Å². The van der Waals surface area contributed by atoms with E-state index in [0.29, 0.717) is 11.5 Å². The average Bonchev–Trinajstić information content (AvgIpc) is 3.16. The topological polar surface area (TPSA) is 119 Å². The minimum atomic E-state index is -3.81. The van der Waals surface area contributed by atoms with Crippen molar-refractivity contribution >= 4 is 38.1 Å². The number of nitrogens with zero attached hydrogens (tertiary/aromatic N) is 4. The molecule has 0 unspecified atom stereocenters. The van der Waals surface area contributed by atoms with Crippen molar-refractivity contribution in [1.82, 2.24) is 19.7 Å². The zero-order chi connectivity index (χ0) is 18.0. The van der Waals surface area contributed by atoms with E-state index in [1.807, 2.05) is 6.07 Å². The molecular formula is C14H14N6O3S2. The van der Waals surface area contributed by atoms with Crippen molar-refractivity contribution in [2.24, 2.45) is 7.05 Å². The smallest absolute Gasteiger partial charge is 0.273 e. The first-order valence-corrected chi connectivity index (χ1v) is 9.36. The fourth-order valence-corrected chi connectivity index (χ4v) is 4.19. The number of aromatic nitrogens is 4. The van der Waals surface area contributed by atoms with Gasteiger partial charge in [-0.1, -0.05) is 23.5 Å². The van der Waals surface area contributed by atoms with Crippen LogP contribution in [0.3, 0.4) is 0 Å². The molecule has 130 valence electrons. The highest BCUT2D eigenvalue weighted by Crippen LogP contribution is 2.26. The quantitative estimate of drug-likeness (QED) is 0.697. The van der Waals surface area contributed by atoms with E-state index in [1.165, 1.54) is 13.1 Å². The standard InChI is InChI=1S/C14H14N6O3S2/c1-9(21)17-14-15-7-12(24-14)25(22,23)19-11-5-3-4-10(6-11)13-18-16-8-20(13)2/h3-8,19H,1-2H3,(H,15,17,21). The molecule has 11 heteroatoms. The van der Waals surface area contributed by atoms with Crippen LogP contribution >= 0.6 is 11.3 Å². The molecule has 0 bridgehead atoms. The van der Waals surface area contributed by atoms with Gasteiger partial charge in [0.25, 0.3) is 10.0 Å². The van der Waals surface area contributed by atoms with Crippen LogP contribution in [0.2, 0.25) is 0 Å². The first kappa shape index (κ1) is 17.0. The molecule has 25 heavy (non-hydrogen) atoms. The Balaban J connectivity index is 1.85. The summed E-state index contributed by atoms with van der Waals surface area (Å²) in [7, 11) is -2.01. The van der Waals surface area contributed by atoms with Gasteiger partial charge in [0.05, 0.1) is 6.20 Å². The van der Waals surface area contributed by atoms with E-state index in [1.54, 1.807) is 36.1 Å². The van der Waals surface area contributed by atoms with Gasteiger partial charge in [-0.2, -0.15) is 0 Å². The first-order valence-electron chi connectivity index (χ1n) is 7.06. The van der Waals surface area contributed by atoms with Crippen LogP contribution in [0.25, 0.3) is 11.4 Å². The van der Waals surface area contributed by atoms with Crippen molar-refractivity contribution < 1.29 is 13.2 Å². The van der Waals surface area contributed by atoms with Gasteiger partial charge in [-0.25, -0.2) is 13.4 Å². The molecule has 0 saturated heterocycles. The van der Waals surface area contributed by atoms with Crippen LogP contribution in [0.15, 0.2) is 41.0 Å². The second-order valence-corrected chi connectivity index (χ2v) is 8.06. The number of hydrogen-bond acceptors (Lipinski definition) is 7. The lowest BCUT2D eigenvalue weighted by atomic mass is 10.2. The van der Waals surface area contributed by atoms with Crippen molar-refractivity contribution in [3.8, 4) is 11.4 Å². The molecule has 1 aromatic carbocycles. The van der Waals surface area contributed by atoms with E-state index in [-0.39, 0.29) is 15.2 Å². The highest BCUT2D eigenvalue weighted by atomic mass is 32.2. The largest absolute Gasteiger partial charge is 0.317 e. The Morgan fingerprint density at radius 1 is 1.32 bits per heavy atom. The Labute approximate surface area is 147 Å². The molecule has 1 amide bonds. The van der Waals surface area contributed by atoms with Crippen LogP contribution in [0.5, 0.6) is 0 Å². The third-order valence-corrected chi connectivity index (χ3v) is 5.87. The lowest BCUT2D eigenvalue weighted by Crippen LogP contribution is -2.11. The van der Waals surface area contributed by atoms with Crippen molar-refractivity contribution in [2.45, 2.75) is 11.1 Å². The number of carbonyl (C=O) groups is 1. The third-order valence-electron chi connectivity index (χ3n) is 3.12. The number of sulfonamides is 1. The van der Waals surface area contributed by atoms with E-state index in [0.717, 1.165) is 16.9 Å². The second-order valence-electron chi connectivity index (χ2n) is 5.12. The highest BCUT2D eigenvalue weighted by molar-refractivity contribution is 7.94. The number of hydrogen-bond donors (Lipinski definition) is 2. The number of rotatable bonds is 5. The molecule has 3 aromatic rings. The van der Waals surface area contributed by atoms with Crippen LogP contribution in [0.4, 0.5) is 10.8 Å². The molecule has 0 radical (unpaired) electrons. The summed E-state index contributed by atoms with van der Waals surface area (Å²) in [5.41, 5.74) is 1.11. The van der Waals surface area contributed by atoms with Crippen molar-refractivity contribution in [2.75, 3.05) is 10.0 Å². The molecule has 0 saturated carbocycles. The number of anilines is 2. The minimum absolute atomic E-state index is 0.000288. The summed E-state index contributed by atoms with van der Waals surface area (Å²) in [5, 5.41) is 10.5. The predicted octanol–water partition coefficient (Wildman–Crippen LogP) is 1.70. The zero-order valence-corrected chi connectivity index (χ0v) is 14.9. The number of amides is 1. The van der Waals surface area contributed by atoms with Gasteiger partial charge in [-0.3, -0.25) is 9.52 Å². The van der Waals surface area contributed by atoms with E-state index in [4.69, 9.17) is 0 Å². The van der Waals surface area contributed by atoms with Crippen LogP contribution in [-0.2, 0) is 21.9 Å². The average molecular weight is 378 g/mol.